The van der Waals surface area contributed by atoms with Gasteiger partial charge in [0.15, 0.2) is 5.11 Å². The molecule has 1 aromatic carbocycles. The molecule has 1 aliphatic heterocycles. The van der Waals surface area contributed by atoms with E-state index in [0.717, 1.165) is 25.0 Å². The summed E-state index contributed by atoms with van der Waals surface area (Å²) in [5.41, 5.74) is 5.09. The highest BCUT2D eigenvalue weighted by atomic mass is 32.1. The monoisotopic (exact) mass is 294 g/mol. The molecule has 0 amide bonds. The summed E-state index contributed by atoms with van der Waals surface area (Å²) in [4.78, 5) is 5.73. The lowest BCUT2D eigenvalue weighted by Crippen LogP contribution is -2.43. The van der Waals surface area contributed by atoms with Crippen LogP contribution in [0.2, 0.25) is 0 Å². The van der Waals surface area contributed by atoms with E-state index in [1.165, 1.54) is 0 Å². The highest BCUT2D eigenvalue weighted by molar-refractivity contribution is 7.80. The van der Waals surface area contributed by atoms with Gasteiger partial charge in [0.2, 0.25) is 0 Å². The summed E-state index contributed by atoms with van der Waals surface area (Å²) in [6, 6.07) is 3.33. The second-order valence-corrected chi connectivity index (χ2v) is 4.79. The van der Waals surface area contributed by atoms with Gasteiger partial charge in [-0.1, -0.05) is 0 Å². The molecule has 0 radical (unpaired) electrons. The molecule has 1 saturated heterocycles. The van der Waals surface area contributed by atoms with Gasteiger partial charge in [0.25, 0.3) is 0 Å². The smallest absolute Gasteiger partial charge is 0.171 e. The van der Waals surface area contributed by atoms with E-state index >= 15 is 0 Å². The maximum atomic E-state index is 13.8. The first-order valence-corrected chi connectivity index (χ1v) is 6.47. The topological polar surface area (TPSA) is 65.4 Å². The van der Waals surface area contributed by atoms with E-state index in [1.54, 1.807) is 11.0 Å². The summed E-state index contributed by atoms with van der Waals surface area (Å²) >= 11 is 4.92. The Morgan fingerprint density at radius 1 is 1.35 bits per heavy atom. The van der Waals surface area contributed by atoms with E-state index in [1.807, 2.05) is 0 Å². The molecule has 2 N–H and O–H groups in total. The van der Waals surface area contributed by atoms with Crippen LogP contribution in [0.5, 0.6) is 0 Å². The molecule has 7 heteroatoms. The van der Waals surface area contributed by atoms with Crippen LogP contribution in [-0.4, -0.2) is 22.4 Å². The van der Waals surface area contributed by atoms with Gasteiger partial charge in [-0.15, -0.1) is 0 Å². The Hall–Kier alpha value is -2.07. The number of benzene rings is 1. The minimum Gasteiger partial charge on any atom is -0.376 e. The van der Waals surface area contributed by atoms with Crippen LogP contribution in [0.3, 0.4) is 0 Å². The van der Waals surface area contributed by atoms with Crippen molar-refractivity contribution in [2.75, 3.05) is 6.54 Å². The summed E-state index contributed by atoms with van der Waals surface area (Å²) in [5, 5.41) is 8.80. The fourth-order valence-corrected chi connectivity index (χ4v) is 2.21. The van der Waals surface area contributed by atoms with E-state index in [4.69, 9.17) is 23.2 Å². The molecule has 0 atom stereocenters. The lowest BCUT2D eigenvalue weighted by Gasteiger charge is -2.28. The average molecular weight is 294 g/mol. The van der Waals surface area contributed by atoms with Gasteiger partial charge < -0.3 is 10.6 Å². The molecule has 0 aliphatic carbocycles. The van der Waals surface area contributed by atoms with Gasteiger partial charge in [-0.2, -0.15) is 5.26 Å². The molecule has 104 valence electrons. The van der Waals surface area contributed by atoms with Crippen molar-refractivity contribution in [3.63, 3.8) is 0 Å². The minimum absolute atomic E-state index is 0.153. The van der Waals surface area contributed by atoms with Crippen molar-refractivity contribution < 1.29 is 8.78 Å². The molecule has 1 heterocycles. The lowest BCUT2D eigenvalue weighted by molar-refractivity contribution is 0.507. The molecular weight excluding hydrogens is 282 g/mol. The SMILES string of the molecule is N#Cc1cc(F)c(N=C2CCCCN2C(N)=S)cc1F. The first-order chi connectivity index (χ1) is 9.52. The molecule has 4 nitrogen and oxygen atoms in total. The molecule has 0 bridgehead atoms. The molecule has 0 aromatic heterocycles. The van der Waals surface area contributed by atoms with Crippen molar-refractivity contribution in [1.29, 1.82) is 5.26 Å². The minimum atomic E-state index is -0.800. The number of nitriles is 1. The Morgan fingerprint density at radius 3 is 2.75 bits per heavy atom. The molecular formula is C13H12F2N4S. The summed E-state index contributed by atoms with van der Waals surface area (Å²) in [5.74, 6) is -1.03. The standard InChI is InChI=1S/C13H12F2N4S/c14-9-6-11(10(15)5-8(9)7-16)18-12-3-1-2-4-19(12)13(17)20/h5-6H,1-4H2,(H2,17,20). The second kappa shape index (κ2) is 5.92. The Kier molecular flexibility index (Phi) is 4.25. The third-order valence-electron chi connectivity index (χ3n) is 3.02. The van der Waals surface area contributed by atoms with E-state index in [-0.39, 0.29) is 16.4 Å². The van der Waals surface area contributed by atoms with Gasteiger partial charge in [0.05, 0.1) is 5.56 Å². The highest BCUT2D eigenvalue weighted by Gasteiger charge is 2.19. The molecule has 20 heavy (non-hydrogen) atoms. The Morgan fingerprint density at radius 2 is 2.10 bits per heavy atom. The van der Waals surface area contributed by atoms with Crippen LogP contribution in [0.1, 0.15) is 24.8 Å². The first kappa shape index (κ1) is 14.3. The fraction of sp³-hybridized carbons (Fsp3) is 0.308. The summed E-state index contributed by atoms with van der Waals surface area (Å²) in [6.45, 7) is 0.620. The van der Waals surface area contributed by atoms with Gasteiger partial charge in [-0.3, -0.25) is 0 Å². The number of hydrogen-bond acceptors (Lipinski definition) is 3. The first-order valence-electron chi connectivity index (χ1n) is 6.06. The lowest BCUT2D eigenvalue weighted by atomic mass is 10.1. The number of hydrogen-bond donors (Lipinski definition) is 1. The van der Waals surface area contributed by atoms with Gasteiger partial charge in [0.1, 0.15) is 29.2 Å². The van der Waals surface area contributed by atoms with Crippen LogP contribution >= 0.6 is 12.2 Å². The highest BCUT2D eigenvalue weighted by Crippen LogP contribution is 2.24. The summed E-state index contributed by atoms with van der Waals surface area (Å²) < 4.78 is 27.3. The zero-order valence-electron chi connectivity index (χ0n) is 10.6. The Bertz CT molecular complexity index is 622. The Balaban J connectivity index is 2.41. The number of nitrogens with zero attached hydrogens (tertiary/aromatic N) is 3. The number of nitrogens with two attached hydrogens (primary N) is 1. The third kappa shape index (κ3) is 2.91. The average Bonchev–Trinajstić information content (AvgIpc) is 2.42. The molecule has 0 spiro atoms. The van der Waals surface area contributed by atoms with E-state index in [0.29, 0.717) is 18.8 Å². The van der Waals surface area contributed by atoms with Gasteiger partial charge in [-0.05, 0) is 31.1 Å². The number of aliphatic imine (C=N–C) groups is 1. The van der Waals surface area contributed by atoms with Crippen LogP contribution < -0.4 is 5.73 Å². The Labute approximate surface area is 120 Å². The second-order valence-electron chi connectivity index (χ2n) is 4.37. The number of halogens is 2. The van der Waals surface area contributed by atoms with Crippen LogP contribution in [0.25, 0.3) is 0 Å². The zero-order chi connectivity index (χ0) is 14.7. The predicted molar refractivity (Wildman–Crippen MR) is 75.5 cm³/mol. The fourth-order valence-electron chi connectivity index (χ4n) is 2.02. The molecule has 0 unspecified atom stereocenters. The van der Waals surface area contributed by atoms with Crippen molar-refractivity contribution in [3.05, 3.63) is 29.3 Å². The molecule has 2 rings (SSSR count). The number of amidine groups is 1. The number of rotatable bonds is 1. The zero-order valence-corrected chi connectivity index (χ0v) is 11.4. The quantitative estimate of drug-likeness (QED) is 0.809. The van der Waals surface area contributed by atoms with Crippen molar-refractivity contribution in [2.45, 2.75) is 19.3 Å². The van der Waals surface area contributed by atoms with E-state index in [9.17, 15) is 8.78 Å². The van der Waals surface area contributed by atoms with Crippen molar-refractivity contribution >= 4 is 28.9 Å². The van der Waals surface area contributed by atoms with Crippen LogP contribution in [-0.2, 0) is 0 Å². The molecule has 0 saturated carbocycles. The molecule has 1 aromatic rings. The maximum absolute atomic E-state index is 13.8. The predicted octanol–water partition coefficient (Wildman–Crippen LogP) is 2.60. The molecule has 1 fully saturated rings. The van der Waals surface area contributed by atoms with Crippen LogP contribution in [0, 0.1) is 23.0 Å². The van der Waals surface area contributed by atoms with Crippen molar-refractivity contribution in [3.8, 4) is 6.07 Å². The van der Waals surface area contributed by atoms with Crippen molar-refractivity contribution in [2.24, 2.45) is 10.7 Å². The maximum Gasteiger partial charge on any atom is 0.171 e. The van der Waals surface area contributed by atoms with Gasteiger partial charge in [-0.25, -0.2) is 13.8 Å². The van der Waals surface area contributed by atoms with E-state index in [2.05, 4.69) is 4.99 Å². The molecule has 1 aliphatic rings. The number of piperidine rings is 1. The summed E-state index contributed by atoms with van der Waals surface area (Å²) in [6.07, 6.45) is 2.40. The third-order valence-corrected chi connectivity index (χ3v) is 3.24. The number of thiocarbonyl (C=S) groups is 1. The van der Waals surface area contributed by atoms with E-state index < -0.39 is 11.6 Å². The normalized spacial score (nSPS) is 17.1. The van der Waals surface area contributed by atoms with Gasteiger partial charge in [0, 0.05) is 19.0 Å². The van der Waals surface area contributed by atoms with Gasteiger partial charge >= 0.3 is 0 Å². The largest absolute Gasteiger partial charge is 0.376 e. The van der Waals surface area contributed by atoms with Crippen molar-refractivity contribution in [1.82, 2.24) is 4.90 Å². The number of likely N-dealkylation sites (tertiary alicyclic amines) is 1. The van der Waals surface area contributed by atoms with Crippen LogP contribution in [0.15, 0.2) is 17.1 Å². The summed E-state index contributed by atoms with van der Waals surface area (Å²) in [7, 11) is 0. The van der Waals surface area contributed by atoms with Crippen LogP contribution in [0.4, 0.5) is 14.5 Å².